The lowest BCUT2D eigenvalue weighted by Gasteiger charge is -2.22. The van der Waals surface area contributed by atoms with Gasteiger partial charge in [-0.2, -0.15) is 0 Å². The van der Waals surface area contributed by atoms with E-state index in [-0.39, 0.29) is 5.41 Å². The van der Waals surface area contributed by atoms with Crippen molar-refractivity contribution in [3.8, 4) is 12.3 Å². The molecule has 0 saturated heterocycles. The van der Waals surface area contributed by atoms with Gasteiger partial charge < -0.3 is 10.1 Å². The molecule has 1 amide bonds. The summed E-state index contributed by atoms with van der Waals surface area (Å²) >= 11 is 6.25. The molecule has 1 heterocycles. The van der Waals surface area contributed by atoms with Crippen LogP contribution in [0, 0.1) is 12.3 Å². The van der Waals surface area contributed by atoms with Crippen LogP contribution in [0.3, 0.4) is 0 Å². The Kier molecular flexibility index (Phi) is 4.15. The predicted octanol–water partition coefficient (Wildman–Crippen LogP) is 3.27. The Morgan fingerprint density at radius 1 is 1.57 bits per heavy atom. The Hall–Kier alpha value is -1.73. The molecule has 1 aliphatic rings. The van der Waals surface area contributed by atoms with Gasteiger partial charge in [-0.15, -0.1) is 6.42 Å². The van der Waals surface area contributed by atoms with E-state index in [0.717, 1.165) is 18.5 Å². The van der Waals surface area contributed by atoms with Gasteiger partial charge >= 0.3 is 6.09 Å². The molecular weight excluding hydrogens is 288 g/mol. The Labute approximate surface area is 130 Å². The average molecular weight is 307 g/mol. The minimum atomic E-state index is -0.509. The number of nitrogens with one attached hydrogen (secondary N) is 1. The highest BCUT2D eigenvalue weighted by molar-refractivity contribution is 6.31. The van der Waals surface area contributed by atoms with Crippen molar-refractivity contribution in [2.45, 2.75) is 44.6 Å². The summed E-state index contributed by atoms with van der Waals surface area (Å²) in [6, 6.07) is 1.73. The maximum absolute atomic E-state index is 11.7. The van der Waals surface area contributed by atoms with Crippen LogP contribution in [0.1, 0.15) is 44.9 Å². The highest BCUT2D eigenvalue weighted by Gasteiger charge is 2.47. The highest BCUT2D eigenvalue weighted by atomic mass is 35.5. The molecule has 1 fully saturated rings. The van der Waals surface area contributed by atoms with Gasteiger partial charge in [0.15, 0.2) is 0 Å². The molecule has 2 rings (SSSR count). The van der Waals surface area contributed by atoms with Crippen molar-refractivity contribution in [2.75, 3.05) is 6.54 Å². The minimum Gasteiger partial charge on any atom is -0.444 e. The number of rotatable bonds is 3. The first-order valence-corrected chi connectivity index (χ1v) is 7.23. The number of nitrogens with zero attached hydrogens (tertiary/aromatic N) is 1. The molecule has 0 spiro atoms. The predicted molar refractivity (Wildman–Crippen MR) is 82.3 cm³/mol. The number of ether oxygens (including phenoxy) is 1. The molecule has 0 aromatic carbocycles. The van der Waals surface area contributed by atoms with Gasteiger partial charge in [-0.1, -0.05) is 17.5 Å². The maximum Gasteiger partial charge on any atom is 0.407 e. The van der Waals surface area contributed by atoms with Crippen LogP contribution in [-0.2, 0) is 10.2 Å². The Bertz CT molecular complexity index is 595. The van der Waals surface area contributed by atoms with Gasteiger partial charge in [0.05, 0.1) is 10.7 Å². The van der Waals surface area contributed by atoms with Gasteiger partial charge in [-0.05, 0) is 39.7 Å². The summed E-state index contributed by atoms with van der Waals surface area (Å²) in [6.07, 6.45) is 8.41. The van der Waals surface area contributed by atoms with Crippen LogP contribution in [0.25, 0.3) is 0 Å². The second kappa shape index (κ2) is 5.57. The molecule has 0 unspecified atom stereocenters. The number of amides is 1. The summed E-state index contributed by atoms with van der Waals surface area (Å²) in [7, 11) is 0. The third kappa shape index (κ3) is 3.89. The van der Waals surface area contributed by atoms with Crippen LogP contribution in [0.4, 0.5) is 4.79 Å². The molecule has 1 N–H and O–H groups in total. The first-order chi connectivity index (χ1) is 9.76. The number of terminal acetylenes is 1. The smallest absolute Gasteiger partial charge is 0.407 e. The molecule has 112 valence electrons. The number of hydrogen-bond acceptors (Lipinski definition) is 3. The standard InChI is InChI=1S/C16H19ClN2O2/c1-5-11-8-12(17)13(18-9-11)16(6-7-16)10-19-14(20)21-15(2,3)4/h1,8-9H,6-7,10H2,2-4H3,(H,19,20). The number of carbonyl (C=O) groups is 1. The number of alkyl carbamates (subject to hydrolysis) is 1. The van der Waals surface area contributed by atoms with Gasteiger partial charge in [0.2, 0.25) is 0 Å². The van der Waals surface area contributed by atoms with E-state index in [1.54, 1.807) is 12.3 Å². The van der Waals surface area contributed by atoms with E-state index >= 15 is 0 Å². The fourth-order valence-corrected chi connectivity index (χ4v) is 2.48. The zero-order valence-corrected chi connectivity index (χ0v) is 13.3. The van der Waals surface area contributed by atoms with Crippen LogP contribution < -0.4 is 5.32 Å². The SMILES string of the molecule is C#Cc1cnc(C2(CNC(=O)OC(C)(C)C)CC2)c(Cl)c1. The molecule has 1 saturated carbocycles. The molecule has 0 aliphatic heterocycles. The first kappa shape index (κ1) is 15.7. The fourth-order valence-electron chi connectivity index (χ4n) is 2.11. The van der Waals surface area contributed by atoms with Crippen molar-refractivity contribution in [1.82, 2.24) is 10.3 Å². The van der Waals surface area contributed by atoms with E-state index in [1.807, 2.05) is 20.8 Å². The first-order valence-electron chi connectivity index (χ1n) is 6.85. The Balaban J connectivity index is 2.04. The van der Waals surface area contributed by atoms with Crippen LogP contribution in [0.2, 0.25) is 5.02 Å². The quantitative estimate of drug-likeness (QED) is 0.872. The summed E-state index contributed by atoms with van der Waals surface area (Å²) in [5.74, 6) is 2.51. The van der Waals surface area contributed by atoms with Crippen LogP contribution >= 0.6 is 11.6 Å². The van der Waals surface area contributed by atoms with Crippen LogP contribution in [-0.4, -0.2) is 23.2 Å². The van der Waals surface area contributed by atoms with Gasteiger partial charge in [-0.3, -0.25) is 4.98 Å². The molecule has 21 heavy (non-hydrogen) atoms. The van der Waals surface area contributed by atoms with Crippen molar-refractivity contribution < 1.29 is 9.53 Å². The lowest BCUT2D eigenvalue weighted by atomic mass is 10.0. The van der Waals surface area contributed by atoms with Gasteiger partial charge in [0.1, 0.15) is 5.60 Å². The van der Waals surface area contributed by atoms with Crippen molar-refractivity contribution >= 4 is 17.7 Å². The third-order valence-corrected chi connectivity index (χ3v) is 3.62. The monoisotopic (exact) mass is 306 g/mol. The van der Waals surface area contributed by atoms with Gasteiger partial charge in [0.25, 0.3) is 0 Å². The van der Waals surface area contributed by atoms with E-state index in [2.05, 4.69) is 16.2 Å². The number of aromatic nitrogens is 1. The zero-order chi connectivity index (χ0) is 15.7. The molecule has 0 atom stereocenters. The highest BCUT2D eigenvalue weighted by Crippen LogP contribution is 2.49. The summed E-state index contributed by atoms with van der Waals surface area (Å²) in [5, 5.41) is 3.35. The topological polar surface area (TPSA) is 51.2 Å². The molecular formula is C16H19ClN2O2. The molecule has 1 aromatic heterocycles. The van der Waals surface area contributed by atoms with Crippen LogP contribution in [0.15, 0.2) is 12.3 Å². The Morgan fingerprint density at radius 3 is 2.71 bits per heavy atom. The number of halogens is 1. The molecule has 1 aliphatic carbocycles. The van der Waals surface area contributed by atoms with E-state index in [9.17, 15) is 4.79 Å². The number of carbonyl (C=O) groups excluding carboxylic acids is 1. The molecule has 0 radical (unpaired) electrons. The van der Waals surface area contributed by atoms with Gasteiger partial charge in [-0.25, -0.2) is 4.79 Å². The van der Waals surface area contributed by atoms with Crippen molar-refractivity contribution in [3.63, 3.8) is 0 Å². The molecule has 0 bridgehead atoms. The zero-order valence-electron chi connectivity index (χ0n) is 12.5. The van der Waals surface area contributed by atoms with Crippen LogP contribution in [0.5, 0.6) is 0 Å². The minimum absolute atomic E-state index is 0.193. The van der Waals surface area contributed by atoms with E-state index in [4.69, 9.17) is 22.8 Å². The van der Waals surface area contributed by atoms with Crippen molar-refractivity contribution in [1.29, 1.82) is 0 Å². The normalized spacial score (nSPS) is 16.0. The third-order valence-electron chi connectivity index (χ3n) is 3.33. The molecule has 4 nitrogen and oxygen atoms in total. The second-order valence-corrected chi connectivity index (χ2v) is 6.74. The summed E-state index contributed by atoms with van der Waals surface area (Å²) < 4.78 is 5.23. The van der Waals surface area contributed by atoms with Crippen molar-refractivity contribution in [3.05, 3.63) is 28.5 Å². The van der Waals surface area contributed by atoms with Gasteiger partial charge in [0, 0.05) is 23.7 Å². The molecule has 1 aromatic rings. The fraction of sp³-hybridized carbons (Fsp3) is 0.500. The van der Waals surface area contributed by atoms with E-state index in [1.165, 1.54) is 0 Å². The lowest BCUT2D eigenvalue weighted by Crippen LogP contribution is -2.37. The maximum atomic E-state index is 11.7. The number of hydrogen-bond donors (Lipinski definition) is 1. The largest absolute Gasteiger partial charge is 0.444 e. The summed E-state index contributed by atoms with van der Waals surface area (Å²) in [6.45, 7) is 5.95. The van der Waals surface area contributed by atoms with Crippen molar-refractivity contribution in [2.24, 2.45) is 0 Å². The number of pyridine rings is 1. The van der Waals surface area contributed by atoms with E-state index in [0.29, 0.717) is 17.1 Å². The van der Waals surface area contributed by atoms with E-state index < -0.39 is 11.7 Å². The Morgan fingerprint density at radius 2 is 2.24 bits per heavy atom. The lowest BCUT2D eigenvalue weighted by molar-refractivity contribution is 0.0522. The average Bonchev–Trinajstić information content (AvgIpc) is 3.15. The molecule has 5 heteroatoms. The summed E-state index contributed by atoms with van der Waals surface area (Å²) in [4.78, 5) is 16.1. The summed E-state index contributed by atoms with van der Waals surface area (Å²) in [5.41, 5.74) is 0.741. The second-order valence-electron chi connectivity index (χ2n) is 6.33.